The minimum Gasteiger partial charge on any atom is -0.383 e. The lowest BCUT2D eigenvalue weighted by molar-refractivity contribution is -0.138. The molecule has 0 unspecified atom stereocenters. The van der Waals surface area contributed by atoms with Crippen molar-refractivity contribution in [1.82, 2.24) is 9.97 Å². The molecule has 90 valence electrons. The smallest absolute Gasteiger partial charge is 0.383 e. The third kappa shape index (κ3) is 2.38. The van der Waals surface area contributed by atoms with Crippen LogP contribution in [0.2, 0.25) is 0 Å². The van der Waals surface area contributed by atoms with Gasteiger partial charge < -0.3 is 5.73 Å². The molecule has 17 heavy (non-hydrogen) atoms. The average molecular weight is 259 g/mol. The van der Waals surface area contributed by atoms with E-state index in [4.69, 9.17) is 5.73 Å². The Hall–Kier alpha value is -1.63. The van der Waals surface area contributed by atoms with E-state index in [0.29, 0.717) is 16.4 Å². The number of aryl methyl sites for hydroxylation is 1. The molecule has 0 aromatic carbocycles. The Morgan fingerprint density at radius 3 is 2.59 bits per heavy atom. The van der Waals surface area contributed by atoms with Crippen LogP contribution in [-0.2, 0) is 6.18 Å². The number of nitrogen functional groups attached to an aromatic ring is 1. The zero-order valence-electron chi connectivity index (χ0n) is 8.75. The van der Waals surface area contributed by atoms with Crippen LogP contribution in [0, 0.1) is 6.92 Å². The highest BCUT2D eigenvalue weighted by atomic mass is 32.1. The minimum absolute atomic E-state index is 0.0502. The third-order valence-corrected chi connectivity index (χ3v) is 3.07. The van der Waals surface area contributed by atoms with E-state index in [1.165, 1.54) is 24.5 Å². The summed E-state index contributed by atoms with van der Waals surface area (Å²) in [5.74, 6) is 0.291. The van der Waals surface area contributed by atoms with Gasteiger partial charge in [-0.05, 0) is 13.0 Å². The van der Waals surface area contributed by atoms with Crippen LogP contribution in [0.3, 0.4) is 0 Å². The molecule has 2 aromatic heterocycles. The van der Waals surface area contributed by atoms with Crippen molar-refractivity contribution < 1.29 is 13.2 Å². The molecule has 0 bridgehead atoms. The van der Waals surface area contributed by atoms with Gasteiger partial charge in [-0.2, -0.15) is 13.2 Å². The van der Waals surface area contributed by atoms with Crippen molar-refractivity contribution in [2.75, 3.05) is 5.73 Å². The first-order valence-electron chi connectivity index (χ1n) is 4.63. The van der Waals surface area contributed by atoms with Crippen molar-refractivity contribution in [2.45, 2.75) is 13.1 Å². The number of hydrogen-bond acceptors (Lipinski definition) is 4. The van der Waals surface area contributed by atoms with Crippen LogP contribution in [0.5, 0.6) is 0 Å². The Bertz CT molecular complexity index is 548. The molecule has 0 radical (unpaired) electrons. The largest absolute Gasteiger partial charge is 0.418 e. The van der Waals surface area contributed by atoms with Gasteiger partial charge in [-0.3, -0.25) is 4.98 Å². The standard InChI is InChI=1S/C10H8F3N3S/c1-5-7(10(11,12)13)2-6(3-15-5)9-16-8(14)4-17-9/h2-4H,14H2,1H3. The number of thiazole rings is 1. The fraction of sp³-hybridized carbons (Fsp3) is 0.200. The van der Waals surface area contributed by atoms with Gasteiger partial charge in [0.2, 0.25) is 0 Å². The van der Waals surface area contributed by atoms with Crippen molar-refractivity contribution in [3.63, 3.8) is 0 Å². The van der Waals surface area contributed by atoms with E-state index in [1.807, 2.05) is 0 Å². The summed E-state index contributed by atoms with van der Waals surface area (Å²) in [6.45, 7) is 1.32. The summed E-state index contributed by atoms with van der Waals surface area (Å²) in [6, 6.07) is 1.04. The zero-order chi connectivity index (χ0) is 12.6. The molecule has 2 N–H and O–H groups in total. The number of aromatic nitrogens is 2. The highest BCUT2D eigenvalue weighted by Crippen LogP contribution is 2.34. The van der Waals surface area contributed by atoms with E-state index < -0.39 is 11.7 Å². The lowest BCUT2D eigenvalue weighted by Gasteiger charge is -2.10. The summed E-state index contributed by atoms with van der Waals surface area (Å²) in [4.78, 5) is 7.66. The molecule has 7 heteroatoms. The number of halogens is 3. The number of hydrogen-bond donors (Lipinski definition) is 1. The Labute approximate surface area is 99.1 Å². The predicted octanol–water partition coefficient (Wildman–Crippen LogP) is 3.11. The molecule has 2 heterocycles. The summed E-state index contributed by atoms with van der Waals surface area (Å²) in [5.41, 5.74) is 4.95. The summed E-state index contributed by atoms with van der Waals surface area (Å²) < 4.78 is 38.0. The first kappa shape index (κ1) is 11.8. The van der Waals surface area contributed by atoms with Gasteiger partial charge in [-0.1, -0.05) is 0 Å². The molecule has 3 nitrogen and oxygen atoms in total. The van der Waals surface area contributed by atoms with Crippen LogP contribution < -0.4 is 5.73 Å². The van der Waals surface area contributed by atoms with E-state index in [0.717, 1.165) is 6.07 Å². The molecule has 0 amide bonds. The second-order valence-electron chi connectivity index (χ2n) is 3.43. The molecule has 2 aromatic rings. The van der Waals surface area contributed by atoms with Crippen LogP contribution in [0.4, 0.5) is 19.0 Å². The molecular weight excluding hydrogens is 251 g/mol. The van der Waals surface area contributed by atoms with Gasteiger partial charge in [0.25, 0.3) is 0 Å². The second kappa shape index (κ2) is 3.99. The minimum atomic E-state index is -4.41. The van der Waals surface area contributed by atoms with Gasteiger partial charge in [0.05, 0.1) is 5.56 Å². The molecule has 0 aliphatic heterocycles. The van der Waals surface area contributed by atoms with Crippen molar-refractivity contribution in [3.8, 4) is 10.6 Å². The quantitative estimate of drug-likeness (QED) is 0.856. The summed E-state index contributed by atoms with van der Waals surface area (Å²) in [5, 5.41) is 2.00. The number of rotatable bonds is 1. The van der Waals surface area contributed by atoms with Crippen LogP contribution >= 0.6 is 11.3 Å². The molecule has 0 aliphatic carbocycles. The van der Waals surface area contributed by atoms with Gasteiger partial charge in [-0.15, -0.1) is 11.3 Å². The number of pyridine rings is 1. The van der Waals surface area contributed by atoms with Crippen molar-refractivity contribution >= 4 is 17.2 Å². The highest BCUT2D eigenvalue weighted by molar-refractivity contribution is 7.13. The topological polar surface area (TPSA) is 51.8 Å². The van der Waals surface area contributed by atoms with Gasteiger partial charge in [0.15, 0.2) is 0 Å². The zero-order valence-corrected chi connectivity index (χ0v) is 9.56. The monoisotopic (exact) mass is 259 g/mol. The number of alkyl halides is 3. The Morgan fingerprint density at radius 2 is 2.06 bits per heavy atom. The van der Waals surface area contributed by atoms with Gasteiger partial charge >= 0.3 is 6.18 Å². The summed E-state index contributed by atoms with van der Waals surface area (Å²) >= 11 is 1.18. The van der Waals surface area contributed by atoms with Gasteiger partial charge in [-0.25, -0.2) is 4.98 Å². The molecule has 0 fully saturated rings. The van der Waals surface area contributed by atoms with E-state index in [2.05, 4.69) is 9.97 Å². The van der Waals surface area contributed by atoms with Gasteiger partial charge in [0.1, 0.15) is 10.8 Å². The maximum absolute atomic E-state index is 12.7. The van der Waals surface area contributed by atoms with E-state index in [-0.39, 0.29) is 5.69 Å². The molecule has 0 saturated carbocycles. The molecule has 2 rings (SSSR count). The predicted molar refractivity (Wildman–Crippen MR) is 59.5 cm³/mol. The Morgan fingerprint density at radius 1 is 1.35 bits per heavy atom. The van der Waals surface area contributed by atoms with Crippen molar-refractivity contribution in [2.24, 2.45) is 0 Å². The summed E-state index contributed by atoms with van der Waals surface area (Å²) in [7, 11) is 0. The molecule has 0 atom stereocenters. The highest BCUT2D eigenvalue weighted by Gasteiger charge is 2.33. The van der Waals surface area contributed by atoms with Gasteiger partial charge in [0, 0.05) is 22.8 Å². The molecule has 0 aliphatic rings. The molecule has 0 saturated heterocycles. The van der Waals surface area contributed by atoms with E-state index in [1.54, 1.807) is 5.38 Å². The maximum Gasteiger partial charge on any atom is 0.418 e. The summed E-state index contributed by atoms with van der Waals surface area (Å²) in [6.07, 6.45) is -3.04. The van der Waals surface area contributed by atoms with Crippen LogP contribution in [-0.4, -0.2) is 9.97 Å². The number of anilines is 1. The Balaban J connectivity index is 2.51. The fourth-order valence-corrected chi connectivity index (χ4v) is 2.05. The average Bonchev–Trinajstić information content (AvgIpc) is 2.64. The molecule has 0 spiro atoms. The SMILES string of the molecule is Cc1ncc(-c2nc(N)cs2)cc1C(F)(F)F. The molecular formula is C10H8F3N3S. The van der Waals surface area contributed by atoms with Crippen molar-refractivity contribution in [1.29, 1.82) is 0 Å². The third-order valence-electron chi connectivity index (χ3n) is 2.16. The number of nitrogens with two attached hydrogens (primary N) is 1. The van der Waals surface area contributed by atoms with Crippen molar-refractivity contribution in [3.05, 3.63) is 28.9 Å². The second-order valence-corrected chi connectivity index (χ2v) is 4.29. The maximum atomic E-state index is 12.7. The Kier molecular flexibility index (Phi) is 2.78. The lowest BCUT2D eigenvalue weighted by Crippen LogP contribution is -2.08. The first-order valence-corrected chi connectivity index (χ1v) is 5.51. The first-order chi connectivity index (χ1) is 7.88. The number of nitrogens with zero attached hydrogens (tertiary/aromatic N) is 2. The fourth-order valence-electron chi connectivity index (χ4n) is 1.36. The van der Waals surface area contributed by atoms with Crippen LogP contribution in [0.25, 0.3) is 10.6 Å². The van der Waals surface area contributed by atoms with E-state index >= 15 is 0 Å². The van der Waals surface area contributed by atoms with Crippen LogP contribution in [0.1, 0.15) is 11.3 Å². The lowest BCUT2D eigenvalue weighted by atomic mass is 10.1. The van der Waals surface area contributed by atoms with E-state index in [9.17, 15) is 13.2 Å². The normalized spacial score (nSPS) is 11.8. The van der Waals surface area contributed by atoms with Crippen LogP contribution in [0.15, 0.2) is 17.6 Å².